The number of carbonyl (C=O) groups is 1. The highest BCUT2D eigenvalue weighted by Gasteiger charge is 2.20. The van der Waals surface area contributed by atoms with Gasteiger partial charge in [-0.2, -0.15) is 4.68 Å². The van der Waals surface area contributed by atoms with Crippen molar-refractivity contribution in [1.82, 2.24) is 25.5 Å². The smallest absolute Gasteiger partial charge is 0.251 e. The first-order valence-electron chi connectivity index (χ1n) is 8.11. The molecule has 2 heterocycles. The normalized spacial score (nSPS) is 15.5. The maximum Gasteiger partial charge on any atom is 0.251 e. The molecule has 25 heavy (non-hydrogen) atoms. The summed E-state index contributed by atoms with van der Waals surface area (Å²) in [5, 5.41) is 14.5. The zero-order valence-electron chi connectivity index (χ0n) is 13.7. The van der Waals surface area contributed by atoms with Crippen molar-refractivity contribution in [3.05, 3.63) is 65.5 Å². The zero-order chi connectivity index (χ0) is 17.2. The van der Waals surface area contributed by atoms with Crippen LogP contribution in [0.5, 0.6) is 5.75 Å². The fraction of sp³-hybridized carbons (Fsp3) is 0.222. The number of hydrogen-bond donors (Lipinski definition) is 1. The number of nitrogens with zero attached hydrogens (tertiary/aromatic N) is 4. The lowest BCUT2D eigenvalue weighted by Crippen LogP contribution is -2.24. The van der Waals surface area contributed by atoms with Gasteiger partial charge in [-0.15, -0.1) is 5.10 Å². The van der Waals surface area contributed by atoms with Crippen LogP contribution in [0.4, 0.5) is 0 Å². The van der Waals surface area contributed by atoms with Crippen LogP contribution in [0.15, 0.2) is 48.5 Å². The van der Waals surface area contributed by atoms with E-state index in [1.807, 2.05) is 49.4 Å². The van der Waals surface area contributed by atoms with Crippen LogP contribution in [0, 0.1) is 0 Å². The molecule has 4 rings (SSSR count). The molecule has 7 heteroatoms. The highest BCUT2D eigenvalue weighted by atomic mass is 16.5. The zero-order valence-corrected chi connectivity index (χ0v) is 13.7. The number of tetrazole rings is 1. The van der Waals surface area contributed by atoms with Crippen molar-refractivity contribution in [2.75, 3.05) is 0 Å². The molecule has 0 radical (unpaired) electrons. The molecule has 1 aromatic heterocycles. The number of amides is 1. The van der Waals surface area contributed by atoms with Gasteiger partial charge in [0, 0.05) is 12.0 Å². The average Bonchev–Trinajstić information content (AvgIpc) is 3.24. The summed E-state index contributed by atoms with van der Waals surface area (Å²) in [6, 6.07) is 15.1. The first-order chi connectivity index (χ1) is 12.2. The Morgan fingerprint density at radius 2 is 2.12 bits per heavy atom. The fourth-order valence-electron chi connectivity index (χ4n) is 2.91. The molecule has 7 nitrogen and oxygen atoms in total. The number of nitrogens with one attached hydrogen (secondary N) is 1. The van der Waals surface area contributed by atoms with Gasteiger partial charge in [0.1, 0.15) is 11.9 Å². The lowest BCUT2D eigenvalue weighted by atomic mass is 10.1. The number of para-hydroxylation sites is 1. The predicted molar refractivity (Wildman–Crippen MR) is 90.6 cm³/mol. The number of rotatable bonds is 4. The molecule has 0 saturated heterocycles. The Balaban J connectivity index is 1.47. The van der Waals surface area contributed by atoms with Gasteiger partial charge in [0.15, 0.2) is 5.82 Å². The van der Waals surface area contributed by atoms with Crippen LogP contribution in [0.2, 0.25) is 0 Å². The third kappa shape index (κ3) is 3.08. The largest absolute Gasteiger partial charge is 0.490 e. The van der Waals surface area contributed by atoms with Crippen molar-refractivity contribution in [3.8, 4) is 11.4 Å². The fourth-order valence-corrected chi connectivity index (χ4v) is 2.91. The standard InChI is InChI=1S/C18H17N5O2/c1-12-9-14-10-13(7-8-16(14)25-12)18(24)19-11-17-20-21-22-23(17)15-5-3-2-4-6-15/h2-8,10,12H,9,11H2,1H3,(H,19,24). The molecule has 2 aromatic carbocycles. The SMILES string of the molecule is CC1Cc2cc(C(=O)NCc3nnnn3-c3ccccc3)ccc2O1. The average molecular weight is 335 g/mol. The molecular formula is C18H17N5O2. The molecule has 1 atom stereocenters. The van der Waals surface area contributed by atoms with Crippen molar-refractivity contribution in [2.45, 2.75) is 26.0 Å². The van der Waals surface area contributed by atoms with Crippen molar-refractivity contribution < 1.29 is 9.53 Å². The maximum atomic E-state index is 12.4. The van der Waals surface area contributed by atoms with Gasteiger partial charge >= 0.3 is 0 Å². The van der Waals surface area contributed by atoms with Crippen molar-refractivity contribution in [2.24, 2.45) is 0 Å². The van der Waals surface area contributed by atoms with Gasteiger partial charge < -0.3 is 10.1 Å². The third-order valence-electron chi connectivity index (χ3n) is 4.10. The number of ether oxygens (including phenoxy) is 1. The monoisotopic (exact) mass is 335 g/mol. The summed E-state index contributed by atoms with van der Waals surface area (Å²) in [6.45, 7) is 2.26. The number of fused-ring (bicyclic) bond motifs is 1. The van der Waals surface area contributed by atoms with Gasteiger partial charge in [-0.25, -0.2) is 0 Å². The van der Waals surface area contributed by atoms with Gasteiger partial charge in [0.05, 0.1) is 12.2 Å². The Bertz CT molecular complexity index is 907. The van der Waals surface area contributed by atoms with Crippen molar-refractivity contribution in [3.63, 3.8) is 0 Å². The molecule has 1 amide bonds. The van der Waals surface area contributed by atoms with E-state index in [-0.39, 0.29) is 18.6 Å². The van der Waals surface area contributed by atoms with Gasteiger partial charge in [0.25, 0.3) is 5.91 Å². The minimum atomic E-state index is -0.162. The minimum absolute atomic E-state index is 0.156. The molecule has 1 N–H and O–H groups in total. The van der Waals surface area contributed by atoms with E-state index in [1.165, 1.54) is 0 Å². The molecular weight excluding hydrogens is 318 g/mol. The van der Waals surface area contributed by atoms with E-state index in [4.69, 9.17) is 4.74 Å². The molecule has 0 bridgehead atoms. The molecule has 1 aliphatic heterocycles. The quantitative estimate of drug-likeness (QED) is 0.788. The van der Waals surface area contributed by atoms with Gasteiger partial charge in [-0.3, -0.25) is 4.79 Å². The topological polar surface area (TPSA) is 81.9 Å². The molecule has 0 fully saturated rings. The summed E-state index contributed by atoms with van der Waals surface area (Å²) < 4.78 is 7.27. The van der Waals surface area contributed by atoms with E-state index in [2.05, 4.69) is 20.8 Å². The van der Waals surface area contributed by atoms with E-state index >= 15 is 0 Å². The summed E-state index contributed by atoms with van der Waals surface area (Å²) in [7, 11) is 0. The lowest BCUT2D eigenvalue weighted by molar-refractivity contribution is 0.0949. The van der Waals surface area contributed by atoms with Crippen LogP contribution < -0.4 is 10.1 Å². The van der Waals surface area contributed by atoms with Gasteiger partial charge in [-0.1, -0.05) is 18.2 Å². The summed E-state index contributed by atoms with van der Waals surface area (Å²) >= 11 is 0. The van der Waals surface area contributed by atoms with Crippen molar-refractivity contribution >= 4 is 5.91 Å². The van der Waals surface area contributed by atoms with Crippen molar-refractivity contribution in [1.29, 1.82) is 0 Å². The highest BCUT2D eigenvalue weighted by Crippen LogP contribution is 2.29. The second-order valence-electron chi connectivity index (χ2n) is 5.98. The molecule has 0 aliphatic carbocycles. The van der Waals surface area contributed by atoms with Crippen LogP contribution in [0.1, 0.15) is 28.7 Å². The Kier molecular flexibility index (Phi) is 3.89. The lowest BCUT2D eigenvalue weighted by Gasteiger charge is -2.07. The summed E-state index contributed by atoms with van der Waals surface area (Å²) in [5.41, 5.74) is 2.52. The first kappa shape index (κ1) is 15.3. The molecule has 1 aliphatic rings. The van der Waals surface area contributed by atoms with E-state index in [0.717, 1.165) is 23.4 Å². The second kappa shape index (κ2) is 6.35. The summed E-state index contributed by atoms with van der Waals surface area (Å²) in [5.74, 6) is 1.26. The van der Waals surface area contributed by atoms with E-state index in [1.54, 1.807) is 10.7 Å². The molecule has 3 aromatic rings. The number of carbonyl (C=O) groups excluding carboxylic acids is 1. The summed E-state index contributed by atoms with van der Waals surface area (Å²) in [4.78, 5) is 12.4. The maximum absolute atomic E-state index is 12.4. The highest BCUT2D eigenvalue weighted by molar-refractivity contribution is 5.94. The van der Waals surface area contributed by atoms with E-state index < -0.39 is 0 Å². The van der Waals surface area contributed by atoms with Crippen LogP contribution in [0.3, 0.4) is 0 Å². The Morgan fingerprint density at radius 3 is 2.96 bits per heavy atom. The first-order valence-corrected chi connectivity index (χ1v) is 8.11. The number of benzene rings is 2. The van der Waals surface area contributed by atoms with Crippen LogP contribution in [-0.2, 0) is 13.0 Å². The Morgan fingerprint density at radius 1 is 1.28 bits per heavy atom. The molecule has 0 saturated carbocycles. The summed E-state index contributed by atoms with van der Waals surface area (Å²) in [6.07, 6.45) is 0.978. The molecule has 126 valence electrons. The van der Waals surface area contributed by atoms with Gasteiger partial charge in [0.2, 0.25) is 0 Å². The van der Waals surface area contributed by atoms with E-state index in [9.17, 15) is 4.79 Å². The molecule has 0 spiro atoms. The molecule has 1 unspecified atom stereocenters. The second-order valence-corrected chi connectivity index (χ2v) is 5.98. The van der Waals surface area contributed by atoms with Crippen LogP contribution in [0.25, 0.3) is 5.69 Å². The van der Waals surface area contributed by atoms with E-state index in [0.29, 0.717) is 11.4 Å². The van der Waals surface area contributed by atoms with Crippen LogP contribution in [-0.4, -0.2) is 32.2 Å². The third-order valence-corrected chi connectivity index (χ3v) is 4.10. The number of hydrogen-bond acceptors (Lipinski definition) is 5. The predicted octanol–water partition coefficient (Wildman–Crippen LogP) is 1.92. The Hall–Kier alpha value is -3.22. The minimum Gasteiger partial charge on any atom is -0.490 e. The van der Waals surface area contributed by atoms with Gasteiger partial charge in [-0.05, 0) is 53.2 Å². The van der Waals surface area contributed by atoms with Crippen LogP contribution >= 0.6 is 0 Å². The number of aromatic nitrogens is 4. The Labute approximate surface area is 144 Å².